The molecule has 5 N–H and O–H groups in total. The Bertz CT molecular complexity index is 998. The lowest BCUT2D eigenvalue weighted by atomic mass is 10.3. The first-order valence-electron chi connectivity index (χ1n) is 6.75. The number of fused-ring (bicyclic) bond motifs is 1. The Morgan fingerprint density at radius 1 is 1.38 bits per heavy atom. The topological polar surface area (TPSA) is 140 Å². The van der Waals surface area contributed by atoms with Crippen LogP contribution in [0.2, 0.25) is 0 Å². The number of nitrogens with two attached hydrogens (primary N) is 1. The Morgan fingerprint density at radius 3 is 2.92 bits per heavy atom. The first-order chi connectivity index (χ1) is 11.6. The highest BCUT2D eigenvalue weighted by atomic mass is 79.9. The van der Waals surface area contributed by atoms with Crippen molar-refractivity contribution in [3.63, 3.8) is 0 Å². The monoisotopic (exact) mass is 382 g/mol. The highest BCUT2D eigenvalue weighted by Gasteiger charge is 2.07. The molecule has 3 rings (SSSR count). The molecular formula is C15H11BrN8. The minimum atomic E-state index is -0.392. The molecule has 0 radical (unpaired) electrons. The van der Waals surface area contributed by atoms with Crippen LogP contribution in [0, 0.1) is 16.7 Å². The van der Waals surface area contributed by atoms with Crippen LogP contribution < -0.4 is 11.2 Å². The van der Waals surface area contributed by atoms with E-state index in [1.165, 1.54) is 0 Å². The molecule has 0 bridgehead atoms. The van der Waals surface area contributed by atoms with E-state index in [0.29, 0.717) is 11.5 Å². The van der Waals surface area contributed by atoms with Crippen LogP contribution in [-0.2, 0) is 0 Å². The number of hydrazone groups is 1. The molecule has 1 aromatic carbocycles. The fourth-order valence-corrected chi connectivity index (χ4v) is 2.39. The van der Waals surface area contributed by atoms with Gasteiger partial charge < -0.3 is 10.7 Å². The molecule has 0 amide bonds. The summed E-state index contributed by atoms with van der Waals surface area (Å²) >= 11 is 3.38. The number of nitriles is 1. The lowest BCUT2D eigenvalue weighted by Crippen LogP contribution is -2.21. The maximum atomic E-state index is 8.83. The third kappa shape index (κ3) is 3.23. The molecule has 8 nitrogen and oxygen atoms in total. The van der Waals surface area contributed by atoms with E-state index in [1.54, 1.807) is 30.6 Å². The first-order valence-corrected chi connectivity index (χ1v) is 7.55. The summed E-state index contributed by atoms with van der Waals surface area (Å²) in [5, 5.41) is 19.9. The summed E-state index contributed by atoms with van der Waals surface area (Å²) in [6, 6.07) is 9.05. The van der Waals surface area contributed by atoms with Crippen molar-refractivity contribution < 1.29 is 0 Å². The van der Waals surface area contributed by atoms with Crippen LogP contribution in [0.15, 0.2) is 46.2 Å². The number of amidine groups is 1. The van der Waals surface area contributed by atoms with E-state index in [9.17, 15) is 0 Å². The number of nitrogens with one attached hydrogen (secondary N) is 3. The number of halogens is 1. The fraction of sp³-hybridized carbons (Fsp3) is 0. The summed E-state index contributed by atoms with van der Waals surface area (Å²) in [5.41, 5.74) is 10.8. The number of hydrogen-bond acceptors (Lipinski definition) is 6. The Labute approximate surface area is 145 Å². The summed E-state index contributed by atoms with van der Waals surface area (Å²) in [6.45, 7) is 0. The maximum absolute atomic E-state index is 8.83. The average Bonchev–Trinajstić information content (AvgIpc) is 2.98. The van der Waals surface area contributed by atoms with E-state index in [1.807, 2.05) is 12.1 Å². The Hall–Kier alpha value is -3.25. The second kappa shape index (κ2) is 6.47. The van der Waals surface area contributed by atoms with Crippen LogP contribution in [0.3, 0.4) is 0 Å². The largest absolute Gasteiger partial charge is 0.382 e. The summed E-state index contributed by atoms with van der Waals surface area (Å²) < 4.78 is 0.866. The van der Waals surface area contributed by atoms with Crippen LogP contribution in [0.4, 0.5) is 5.69 Å². The lowest BCUT2D eigenvalue weighted by molar-refractivity contribution is 1.26. The van der Waals surface area contributed by atoms with E-state index < -0.39 is 5.84 Å². The number of rotatable bonds is 4. The molecule has 0 aliphatic heterocycles. The van der Waals surface area contributed by atoms with Crippen LogP contribution >= 0.6 is 15.9 Å². The van der Waals surface area contributed by atoms with E-state index in [0.717, 1.165) is 21.1 Å². The molecule has 0 aliphatic rings. The molecule has 9 heteroatoms. The zero-order chi connectivity index (χ0) is 17.1. The molecule has 0 saturated carbocycles. The normalized spacial score (nSPS) is 11.2. The number of H-pyrrole nitrogens is 1. The number of nitrogens with zero attached hydrogens (tertiary/aromatic N) is 4. The number of aromatic amines is 1. The SMILES string of the molecule is N#C/C(=N\Nc1ccc2nc(-c3cncc(Br)c3)[nH]c2c1)C(=N)N. The van der Waals surface area contributed by atoms with Gasteiger partial charge >= 0.3 is 0 Å². The van der Waals surface area contributed by atoms with Crippen molar-refractivity contribution in [1.82, 2.24) is 15.0 Å². The van der Waals surface area contributed by atoms with Crippen LogP contribution in [0.5, 0.6) is 0 Å². The lowest BCUT2D eigenvalue weighted by Gasteiger charge is -2.00. The molecule has 3 aromatic rings. The van der Waals surface area contributed by atoms with Crippen LogP contribution in [-0.4, -0.2) is 26.5 Å². The molecule has 2 heterocycles. The molecule has 0 saturated heterocycles. The molecule has 0 atom stereocenters. The predicted octanol–water partition coefficient (Wildman–Crippen LogP) is 2.61. The number of aromatic nitrogens is 3. The van der Waals surface area contributed by atoms with Gasteiger partial charge in [-0.2, -0.15) is 10.4 Å². The molecule has 0 unspecified atom stereocenters. The van der Waals surface area contributed by atoms with Crippen LogP contribution in [0.1, 0.15) is 0 Å². The zero-order valence-electron chi connectivity index (χ0n) is 12.2. The maximum Gasteiger partial charge on any atom is 0.201 e. The summed E-state index contributed by atoms with van der Waals surface area (Å²) in [4.78, 5) is 11.9. The van der Waals surface area contributed by atoms with Crippen molar-refractivity contribution in [2.45, 2.75) is 0 Å². The van der Waals surface area contributed by atoms with Crippen molar-refractivity contribution in [2.24, 2.45) is 10.8 Å². The minimum Gasteiger partial charge on any atom is -0.382 e. The van der Waals surface area contributed by atoms with Gasteiger partial charge in [0.15, 0.2) is 5.84 Å². The highest BCUT2D eigenvalue weighted by molar-refractivity contribution is 9.10. The summed E-state index contributed by atoms with van der Waals surface area (Å²) in [6.07, 6.45) is 3.42. The molecule has 0 aliphatic carbocycles. The van der Waals surface area contributed by atoms with Crippen molar-refractivity contribution in [3.05, 3.63) is 41.1 Å². The first kappa shape index (κ1) is 15.6. The van der Waals surface area contributed by atoms with Crippen molar-refractivity contribution in [2.75, 3.05) is 5.43 Å². The van der Waals surface area contributed by atoms with E-state index in [-0.39, 0.29) is 5.71 Å². The molecule has 24 heavy (non-hydrogen) atoms. The van der Waals surface area contributed by atoms with Gasteiger partial charge in [0.1, 0.15) is 11.9 Å². The Morgan fingerprint density at radius 2 is 2.21 bits per heavy atom. The third-order valence-corrected chi connectivity index (χ3v) is 3.55. The second-order valence-electron chi connectivity index (χ2n) is 4.81. The van der Waals surface area contributed by atoms with Gasteiger partial charge in [-0.25, -0.2) is 4.98 Å². The average molecular weight is 383 g/mol. The predicted molar refractivity (Wildman–Crippen MR) is 95.6 cm³/mol. The Balaban J connectivity index is 1.92. The molecular weight excluding hydrogens is 372 g/mol. The number of imidazole rings is 1. The van der Waals surface area contributed by atoms with E-state index in [2.05, 4.69) is 41.4 Å². The van der Waals surface area contributed by atoms with Gasteiger partial charge in [-0.1, -0.05) is 0 Å². The number of pyridine rings is 1. The van der Waals surface area contributed by atoms with Crippen molar-refractivity contribution in [1.29, 1.82) is 10.7 Å². The van der Waals surface area contributed by atoms with E-state index >= 15 is 0 Å². The van der Waals surface area contributed by atoms with Crippen molar-refractivity contribution >= 4 is 44.2 Å². The number of benzene rings is 1. The van der Waals surface area contributed by atoms with Gasteiger partial charge in [-0.05, 0) is 40.2 Å². The van der Waals surface area contributed by atoms with Crippen LogP contribution in [0.25, 0.3) is 22.4 Å². The van der Waals surface area contributed by atoms with Gasteiger partial charge in [-0.15, -0.1) is 0 Å². The zero-order valence-corrected chi connectivity index (χ0v) is 13.8. The summed E-state index contributed by atoms with van der Waals surface area (Å²) in [7, 11) is 0. The standard InChI is InChI=1S/C15H11BrN8/c16-9-3-8(6-20-7-9)15-21-11-2-1-10(4-12(11)22-15)23-24-13(5-17)14(18)19/h1-4,6-7,23H,(H3,18,19)(H,21,22)/b24-13+. The second-order valence-corrected chi connectivity index (χ2v) is 5.72. The molecule has 0 spiro atoms. The quantitative estimate of drug-likeness (QED) is 0.312. The summed E-state index contributed by atoms with van der Waals surface area (Å²) in [5.74, 6) is 0.304. The third-order valence-electron chi connectivity index (χ3n) is 3.12. The van der Waals surface area contributed by atoms with Gasteiger partial charge in [0.25, 0.3) is 0 Å². The smallest absolute Gasteiger partial charge is 0.201 e. The fourth-order valence-electron chi connectivity index (χ4n) is 2.02. The Kier molecular flexibility index (Phi) is 4.22. The highest BCUT2D eigenvalue weighted by Crippen LogP contribution is 2.24. The van der Waals surface area contributed by atoms with Crippen molar-refractivity contribution in [3.8, 4) is 17.5 Å². The van der Waals surface area contributed by atoms with Gasteiger partial charge in [0.05, 0.1) is 16.7 Å². The molecule has 118 valence electrons. The number of anilines is 1. The molecule has 0 fully saturated rings. The van der Waals surface area contributed by atoms with Gasteiger partial charge in [0, 0.05) is 22.4 Å². The number of hydrogen-bond donors (Lipinski definition) is 4. The van der Waals surface area contributed by atoms with Gasteiger partial charge in [0.2, 0.25) is 5.71 Å². The van der Waals surface area contributed by atoms with Gasteiger partial charge in [-0.3, -0.25) is 15.8 Å². The molecule has 2 aromatic heterocycles. The van der Waals surface area contributed by atoms with E-state index in [4.69, 9.17) is 16.4 Å². The minimum absolute atomic E-state index is 0.180.